The fraction of sp³-hybridized carbons (Fsp3) is 0.432. The lowest BCUT2D eigenvalue weighted by Gasteiger charge is -2.33. The first-order chi connectivity index (χ1) is 28.2. The van der Waals surface area contributed by atoms with Crippen molar-refractivity contribution in [2.45, 2.75) is 76.3 Å². The van der Waals surface area contributed by atoms with E-state index in [1.165, 1.54) is 25.6 Å². The Kier molecular flexibility index (Phi) is 14.5. The van der Waals surface area contributed by atoms with Crippen LogP contribution in [0.4, 0.5) is 0 Å². The number of piperidine rings is 1. The van der Waals surface area contributed by atoms with E-state index in [4.69, 9.17) is 30.5 Å². The Morgan fingerprint density at radius 2 is 1.64 bits per heavy atom. The van der Waals surface area contributed by atoms with E-state index in [1.807, 2.05) is 43.0 Å². The van der Waals surface area contributed by atoms with E-state index < -0.39 is 33.9 Å². The number of pyridine rings is 1. The topological polar surface area (TPSA) is 165 Å². The van der Waals surface area contributed by atoms with Crippen molar-refractivity contribution in [1.82, 2.24) is 14.8 Å². The number of β-amino-alcohol motifs (C(OH)–C–C–N with tert-alkyl or cyclic N) is 1. The van der Waals surface area contributed by atoms with Crippen LogP contribution in [-0.4, -0.2) is 104 Å². The molecule has 2 saturated heterocycles. The van der Waals surface area contributed by atoms with Gasteiger partial charge in [-0.05, 0) is 85.7 Å². The summed E-state index contributed by atoms with van der Waals surface area (Å²) in [5.41, 5.74) is 6.23. The van der Waals surface area contributed by atoms with Crippen LogP contribution in [-0.2, 0) is 43.9 Å². The molecular weight excluding hydrogens is 798 g/mol. The summed E-state index contributed by atoms with van der Waals surface area (Å²) < 4.78 is 48.1. The number of esters is 1. The largest absolute Gasteiger partial charge is 0.493 e. The molecule has 3 heterocycles. The molecule has 13 nitrogen and oxygen atoms in total. The van der Waals surface area contributed by atoms with Gasteiger partial charge in [0, 0.05) is 62.0 Å². The molecule has 59 heavy (non-hydrogen) atoms. The number of aliphatic hydroxyl groups excluding tert-OH is 1. The van der Waals surface area contributed by atoms with E-state index in [0.717, 1.165) is 59.1 Å². The highest BCUT2D eigenvalue weighted by Gasteiger charge is 2.37. The minimum atomic E-state index is -3.48. The molecule has 0 radical (unpaired) electrons. The molecule has 0 bridgehead atoms. The van der Waals surface area contributed by atoms with Crippen molar-refractivity contribution >= 4 is 33.4 Å². The van der Waals surface area contributed by atoms with Crippen LogP contribution in [0.2, 0.25) is 5.02 Å². The summed E-state index contributed by atoms with van der Waals surface area (Å²) >= 11 is 6.86. The average Bonchev–Trinajstić information content (AvgIpc) is 3.59. The van der Waals surface area contributed by atoms with Gasteiger partial charge in [0.2, 0.25) is 0 Å². The Morgan fingerprint density at radius 1 is 0.898 bits per heavy atom. The van der Waals surface area contributed by atoms with Crippen LogP contribution in [0.25, 0.3) is 11.1 Å². The number of carboxylic acids is 1. The second-order valence-corrected chi connectivity index (χ2v) is 17.7. The molecule has 2 fully saturated rings. The molecule has 15 heteroatoms. The van der Waals surface area contributed by atoms with E-state index in [0.29, 0.717) is 66.9 Å². The molecule has 0 spiro atoms. The van der Waals surface area contributed by atoms with Gasteiger partial charge in [0.05, 0.1) is 35.7 Å². The van der Waals surface area contributed by atoms with Gasteiger partial charge >= 0.3 is 11.9 Å². The number of carbonyl (C=O) groups is 2. The molecule has 2 aliphatic heterocycles. The zero-order valence-corrected chi connectivity index (χ0v) is 35.4. The molecule has 316 valence electrons. The molecule has 1 aromatic heterocycles. The maximum absolute atomic E-state index is 12.2. The maximum Gasteiger partial charge on any atom is 0.320 e. The van der Waals surface area contributed by atoms with Crippen molar-refractivity contribution in [1.29, 1.82) is 0 Å². The summed E-state index contributed by atoms with van der Waals surface area (Å²) in [6.07, 6.45) is 6.20. The van der Waals surface area contributed by atoms with Crippen LogP contribution in [0, 0.1) is 19.8 Å². The highest BCUT2D eigenvalue weighted by molar-refractivity contribution is 7.90. The Bertz CT molecular complexity index is 2250. The first kappa shape index (κ1) is 43.8. The highest BCUT2D eigenvalue weighted by Crippen LogP contribution is 2.37. The minimum Gasteiger partial charge on any atom is -0.493 e. The molecular formula is C44H52ClN3O10S. The highest BCUT2D eigenvalue weighted by atomic mass is 35.5. The summed E-state index contributed by atoms with van der Waals surface area (Å²) in [5, 5.41) is 20.5. The van der Waals surface area contributed by atoms with Gasteiger partial charge in [0.1, 0.15) is 36.5 Å². The Hall–Kier alpha value is -4.73. The number of aromatic nitrogens is 1. The normalized spacial score (nSPS) is 18.7. The molecule has 0 aliphatic carbocycles. The number of nitrogens with zero attached hydrogens (tertiary/aromatic N) is 3. The van der Waals surface area contributed by atoms with E-state index in [1.54, 1.807) is 12.1 Å². The number of aliphatic carboxylic acids is 1. The number of sulfone groups is 1. The lowest BCUT2D eigenvalue weighted by molar-refractivity contribution is -0.147. The lowest BCUT2D eigenvalue weighted by atomic mass is 9.93. The van der Waals surface area contributed by atoms with Crippen molar-refractivity contribution in [3.8, 4) is 28.4 Å². The minimum absolute atomic E-state index is 0.0100. The number of hydrogen-bond acceptors (Lipinski definition) is 12. The zero-order chi connectivity index (χ0) is 42.3. The Morgan fingerprint density at radius 3 is 2.39 bits per heavy atom. The molecule has 0 saturated carbocycles. The van der Waals surface area contributed by atoms with Gasteiger partial charge in [-0.25, -0.2) is 8.42 Å². The summed E-state index contributed by atoms with van der Waals surface area (Å²) in [6, 6.07) is 16.4. The number of likely N-dealkylation sites (tertiary alicyclic amines) is 2. The Labute approximate surface area is 350 Å². The van der Waals surface area contributed by atoms with Crippen LogP contribution >= 0.6 is 11.6 Å². The summed E-state index contributed by atoms with van der Waals surface area (Å²) in [5.74, 6) is -0.203. The van der Waals surface area contributed by atoms with E-state index in [-0.39, 0.29) is 30.6 Å². The smallest absolute Gasteiger partial charge is 0.320 e. The SMILES string of the molecule is COC(=O)C1CN(CCCOc2cccc(-c3cccc(COc4cc(OCc5cncc(S(C)(=O)=O)c5)c(CN5CCCC[C@H]5C(=O)O)cc4Cl)c3C)c2C)CC1O. The quantitative estimate of drug-likeness (QED) is 0.0906. The lowest BCUT2D eigenvalue weighted by Crippen LogP contribution is -2.44. The van der Waals surface area contributed by atoms with Gasteiger partial charge in [0.25, 0.3) is 0 Å². The van der Waals surface area contributed by atoms with Crippen LogP contribution in [0.5, 0.6) is 17.2 Å². The Balaban J connectivity index is 1.16. The van der Waals surface area contributed by atoms with Crippen LogP contribution < -0.4 is 14.2 Å². The van der Waals surface area contributed by atoms with E-state index in [2.05, 4.69) is 22.0 Å². The monoisotopic (exact) mass is 849 g/mol. The number of methoxy groups -OCH3 is 1. The third kappa shape index (κ3) is 10.9. The predicted molar refractivity (Wildman–Crippen MR) is 223 cm³/mol. The predicted octanol–water partition coefficient (Wildman–Crippen LogP) is 6.25. The fourth-order valence-electron chi connectivity index (χ4n) is 7.78. The molecule has 3 aromatic carbocycles. The zero-order valence-electron chi connectivity index (χ0n) is 33.9. The van der Waals surface area contributed by atoms with Crippen LogP contribution in [0.3, 0.4) is 0 Å². The number of aliphatic hydroxyl groups is 1. The molecule has 0 amide bonds. The van der Waals surface area contributed by atoms with Gasteiger partial charge in [-0.1, -0.05) is 48.4 Å². The molecule has 2 aliphatic rings. The third-order valence-electron chi connectivity index (χ3n) is 11.1. The van der Waals surface area contributed by atoms with Gasteiger partial charge in [-0.15, -0.1) is 0 Å². The van der Waals surface area contributed by atoms with Crippen LogP contribution in [0.1, 0.15) is 53.5 Å². The van der Waals surface area contributed by atoms with E-state index in [9.17, 15) is 28.2 Å². The van der Waals surface area contributed by atoms with Crippen molar-refractivity contribution < 1.29 is 47.2 Å². The molecule has 4 aromatic rings. The third-order valence-corrected chi connectivity index (χ3v) is 12.5. The van der Waals surface area contributed by atoms with Crippen molar-refractivity contribution in [3.63, 3.8) is 0 Å². The van der Waals surface area contributed by atoms with Crippen molar-refractivity contribution in [2.75, 3.05) is 46.2 Å². The number of carbonyl (C=O) groups excluding carboxylic acids is 1. The van der Waals surface area contributed by atoms with Crippen LogP contribution in [0.15, 0.2) is 71.9 Å². The second-order valence-electron chi connectivity index (χ2n) is 15.3. The van der Waals surface area contributed by atoms with Crippen molar-refractivity contribution in [2.24, 2.45) is 5.92 Å². The average molecular weight is 850 g/mol. The molecule has 3 atom stereocenters. The first-order valence-corrected chi connectivity index (χ1v) is 22.0. The summed E-state index contributed by atoms with van der Waals surface area (Å²) in [6.45, 7) is 7.23. The van der Waals surface area contributed by atoms with E-state index >= 15 is 0 Å². The number of halogens is 1. The standard InChI is InChI=1S/C44H52ClN3O10S/c1-28-31(10-7-11-34(28)35-12-8-14-40(29(35)2)56-17-9-15-47-24-36(39(49)25-47)44(52)55-3)27-58-42-20-41(57-26-30-18-33(22-46-21-30)59(4,53)54)32(19-37(42)45)23-48-16-6-5-13-38(48)43(50)51/h7-8,10-12,14,18-22,36,38-39,49H,5-6,9,13,15-17,23-27H2,1-4H3,(H,50,51)/t36?,38-,39?/m0/s1. The molecule has 6 rings (SSSR count). The van der Waals surface area contributed by atoms with Gasteiger partial charge in [-0.3, -0.25) is 24.4 Å². The van der Waals surface area contributed by atoms with Gasteiger partial charge < -0.3 is 29.2 Å². The first-order valence-electron chi connectivity index (χ1n) is 19.7. The van der Waals surface area contributed by atoms with Gasteiger partial charge in [-0.2, -0.15) is 0 Å². The number of hydrogen-bond donors (Lipinski definition) is 2. The molecule has 2 unspecified atom stereocenters. The maximum atomic E-state index is 12.2. The molecule has 2 N–H and O–H groups in total. The second kappa shape index (κ2) is 19.6. The fourth-order valence-corrected chi connectivity index (χ4v) is 8.64. The van der Waals surface area contributed by atoms with Crippen molar-refractivity contribution in [3.05, 3.63) is 99.8 Å². The summed E-state index contributed by atoms with van der Waals surface area (Å²) in [7, 11) is -2.15. The number of benzene rings is 3. The number of ether oxygens (including phenoxy) is 4. The van der Waals surface area contributed by atoms with Gasteiger partial charge in [0.15, 0.2) is 9.84 Å². The summed E-state index contributed by atoms with van der Waals surface area (Å²) in [4.78, 5) is 32.2. The number of rotatable bonds is 17. The number of carboxylic acid groups (broad SMARTS) is 1.